The molecule has 2 aliphatic heterocycles. The molecule has 0 atom stereocenters. The van der Waals surface area contributed by atoms with Gasteiger partial charge in [0.2, 0.25) is 26.0 Å². The number of sulfonamides is 2. The molecule has 10 heteroatoms. The number of hydrogen-bond donors (Lipinski definition) is 0. The van der Waals surface area contributed by atoms with Crippen LogP contribution in [-0.2, 0) is 30.3 Å². The highest BCUT2D eigenvalue weighted by molar-refractivity contribution is 7.90. The summed E-state index contributed by atoms with van der Waals surface area (Å²) in [7, 11) is -5.46. The highest BCUT2D eigenvalue weighted by Gasteiger charge is 2.38. The molecule has 1 saturated heterocycles. The number of rotatable bonds is 4. The summed E-state index contributed by atoms with van der Waals surface area (Å²) in [4.78, 5) is 13.9. The lowest BCUT2D eigenvalue weighted by molar-refractivity contribution is -0.119. The smallest absolute Gasteiger partial charge is 0.243 e. The van der Waals surface area contributed by atoms with Gasteiger partial charge in [0.25, 0.3) is 0 Å². The van der Waals surface area contributed by atoms with Gasteiger partial charge in [-0.1, -0.05) is 13.8 Å². The van der Waals surface area contributed by atoms with E-state index < -0.39 is 30.7 Å². The standard InChI is InChI=1S/C19H29N3O5S2/c1-14(2)28(24,25)21-8-10-22(11-9-21)29(26,27)15-6-7-17-16(12-15)19(3,4)13-18(23)20(17)5/h6-7,12,14H,8-11,13H2,1-5H3. The van der Waals surface area contributed by atoms with Crippen molar-refractivity contribution in [1.82, 2.24) is 8.61 Å². The van der Waals surface area contributed by atoms with Crippen LogP contribution in [0.5, 0.6) is 0 Å². The van der Waals surface area contributed by atoms with Crippen molar-refractivity contribution in [2.45, 2.75) is 49.7 Å². The van der Waals surface area contributed by atoms with Gasteiger partial charge < -0.3 is 4.90 Å². The summed E-state index contributed by atoms with van der Waals surface area (Å²) in [5.41, 5.74) is 1.08. The zero-order valence-electron chi connectivity index (χ0n) is 17.5. The second-order valence-electron chi connectivity index (χ2n) is 8.59. The number of hydrogen-bond acceptors (Lipinski definition) is 5. The summed E-state index contributed by atoms with van der Waals surface area (Å²) in [5.74, 6) is 0.000547. The quantitative estimate of drug-likeness (QED) is 0.701. The van der Waals surface area contributed by atoms with Crippen LogP contribution in [0.4, 0.5) is 5.69 Å². The van der Waals surface area contributed by atoms with Gasteiger partial charge in [-0.15, -0.1) is 0 Å². The molecule has 162 valence electrons. The number of fused-ring (bicyclic) bond motifs is 1. The number of benzene rings is 1. The van der Waals surface area contributed by atoms with E-state index in [9.17, 15) is 21.6 Å². The molecule has 1 aromatic carbocycles. The van der Waals surface area contributed by atoms with Gasteiger partial charge in [-0.2, -0.15) is 8.61 Å². The van der Waals surface area contributed by atoms with Crippen LogP contribution < -0.4 is 4.90 Å². The first-order chi connectivity index (χ1) is 13.3. The summed E-state index contributed by atoms with van der Waals surface area (Å²) in [6.07, 6.45) is 0.311. The van der Waals surface area contributed by atoms with E-state index in [-0.39, 0.29) is 37.0 Å². The molecule has 1 amide bonds. The lowest BCUT2D eigenvalue weighted by Gasteiger charge is -2.38. The number of carbonyl (C=O) groups is 1. The van der Waals surface area contributed by atoms with Gasteiger partial charge in [0.15, 0.2) is 0 Å². The Bertz CT molecular complexity index is 1020. The first-order valence-electron chi connectivity index (χ1n) is 9.68. The average Bonchev–Trinajstić information content (AvgIpc) is 2.65. The second kappa shape index (κ2) is 7.33. The van der Waals surface area contributed by atoms with Gasteiger partial charge >= 0.3 is 0 Å². The van der Waals surface area contributed by atoms with Gasteiger partial charge in [0, 0.05) is 50.7 Å². The molecule has 0 bridgehead atoms. The van der Waals surface area contributed by atoms with Crippen molar-refractivity contribution >= 4 is 31.6 Å². The SMILES string of the molecule is CC(C)S(=O)(=O)N1CCN(S(=O)(=O)c2ccc3c(c2)C(C)(C)CC(=O)N3C)CC1. The molecule has 8 nitrogen and oxygen atoms in total. The maximum absolute atomic E-state index is 13.2. The van der Waals surface area contributed by atoms with Crippen LogP contribution in [0.2, 0.25) is 0 Å². The zero-order chi connectivity index (χ0) is 21.8. The minimum Gasteiger partial charge on any atom is -0.315 e. The molecule has 0 N–H and O–H groups in total. The third-order valence-corrected chi connectivity index (χ3v) is 9.99. The molecular formula is C19H29N3O5S2. The lowest BCUT2D eigenvalue weighted by atomic mass is 9.77. The van der Waals surface area contributed by atoms with Gasteiger partial charge in [-0.25, -0.2) is 16.8 Å². The van der Waals surface area contributed by atoms with Crippen LogP contribution in [0.15, 0.2) is 23.1 Å². The van der Waals surface area contributed by atoms with E-state index in [2.05, 4.69) is 0 Å². The molecular weight excluding hydrogens is 414 g/mol. The molecule has 1 fully saturated rings. The fourth-order valence-electron chi connectivity index (χ4n) is 3.85. The summed E-state index contributed by atoms with van der Waals surface area (Å²) >= 11 is 0. The molecule has 0 aliphatic carbocycles. The van der Waals surface area contributed by atoms with Crippen molar-refractivity contribution in [2.24, 2.45) is 0 Å². The Morgan fingerprint density at radius 3 is 2.07 bits per heavy atom. The molecule has 1 aromatic rings. The van der Waals surface area contributed by atoms with E-state index >= 15 is 0 Å². The van der Waals surface area contributed by atoms with Crippen LogP contribution in [0.1, 0.15) is 39.7 Å². The van der Waals surface area contributed by atoms with Crippen molar-refractivity contribution in [3.05, 3.63) is 23.8 Å². The number of carbonyl (C=O) groups excluding carboxylic acids is 1. The van der Waals surface area contributed by atoms with Crippen molar-refractivity contribution in [2.75, 3.05) is 38.1 Å². The van der Waals surface area contributed by atoms with Crippen LogP contribution in [0, 0.1) is 0 Å². The number of amides is 1. The molecule has 29 heavy (non-hydrogen) atoms. The maximum Gasteiger partial charge on any atom is 0.243 e. The van der Waals surface area contributed by atoms with Gasteiger partial charge in [-0.05, 0) is 37.6 Å². The number of anilines is 1. The fourth-order valence-corrected chi connectivity index (χ4v) is 6.57. The highest BCUT2D eigenvalue weighted by Crippen LogP contribution is 2.41. The molecule has 0 saturated carbocycles. The Hall–Kier alpha value is -1.49. The highest BCUT2D eigenvalue weighted by atomic mass is 32.2. The van der Waals surface area contributed by atoms with E-state index in [1.165, 1.54) is 14.7 Å². The summed E-state index contributed by atoms with van der Waals surface area (Å²) < 4.78 is 53.7. The van der Waals surface area contributed by atoms with Crippen molar-refractivity contribution in [1.29, 1.82) is 0 Å². The molecule has 3 rings (SSSR count). The summed E-state index contributed by atoms with van der Waals surface area (Å²) in [5, 5.41) is -0.534. The van der Waals surface area contributed by atoms with Gasteiger partial charge in [0.1, 0.15) is 0 Å². The maximum atomic E-state index is 13.2. The minimum atomic E-state index is -3.76. The molecule has 0 unspecified atom stereocenters. The normalized spacial score (nSPS) is 21.4. The largest absolute Gasteiger partial charge is 0.315 e. The van der Waals surface area contributed by atoms with E-state index in [0.29, 0.717) is 6.42 Å². The molecule has 0 aromatic heterocycles. The van der Waals surface area contributed by atoms with E-state index in [4.69, 9.17) is 0 Å². The van der Waals surface area contributed by atoms with E-state index in [0.717, 1.165) is 11.3 Å². The Labute approximate surface area is 173 Å². The van der Waals surface area contributed by atoms with Crippen LogP contribution >= 0.6 is 0 Å². The van der Waals surface area contributed by atoms with E-state index in [1.54, 1.807) is 37.9 Å². The lowest BCUT2D eigenvalue weighted by Crippen LogP contribution is -2.51. The topological polar surface area (TPSA) is 95.1 Å². The predicted octanol–water partition coefficient (Wildman–Crippen LogP) is 1.38. The van der Waals surface area contributed by atoms with E-state index in [1.807, 2.05) is 13.8 Å². The van der Waals surface area contributed by atoms with Crippen molar-refractivity contribution in [3.63, 3.8) is 0 Å². The molecule has 2 heterocycles. The van der Waals surface area contributed by atoms with Crippen LogP contribution in [0.25, 0.3) is 0 Å². The first kappa shape index (κ1) is 22.2. The van der Waals surface area contributed by atoms with Gasteiger partial charge in [0.05, 0.1) is 10.1 Å². The third kappa shape index (κ3) is 3.83. The Morgan fingerprint density at radius 2 is 1.52 bits per heavy atom. The van der Waals surface area contributed by atoms with Crippen LogP contribution in [0.3, 0.4) is 0 Å². The summed E-state index contributed by atoms with van der Waals surface area (Å²) in [6.45, 7) is 7.64. The number of nitrogens with zero attached hydrogens (tertiary/aromatic N) is 3. The first-order valence-corrected chi connectivity index (χ1v) is 12.6. The van der Waals surface area contributed by atoms with Crippen molar-refractivity contribution < 1.29 is 21.6 Å². The average molecular weight is 444 g/mol. The monoisotopic (exact) mass is 443 g/mol. The Kier molecular flexibility index (Phi) is 5.61. The van der Waals surface area contributed by atoms with Gasteiger partial charge in [-0.3, -0.25) is 4.79 Å². The fraction of sp³-hybridized carbons (Fsp3) is 0.632. The number of piperazine rings is 1. The Morgan fingerprint density at radius 1 is 0.966 bits per heavy atom. The summed E-state index contributed by atoms with van der Waals surface area (Å²) in [6, 6.07) is 4.86. The third-order valence-electron chi connectivity index (χ3n) is 5.82. The molecule has 2 aliphatic rings. The molecule has 0 spiro atoms. The molecule has 0 radical (unpaired) electrons. The zero-order valence-corrected chi connectivity index (χ0v) is 19.2. The Balaban J connectivity index is 1.88. The second-order valence-corrected chi connectivity index (χ2v) is 13.0. The van der Waals surface area contributed by atoms with Crippen molar-refractivity contribution in [3.8, 4) is 0 Å². The minimum absolute atomic E-state index is 0.000547. The van der Waals surface area contributed by atoms with Crippen LogP contribution in [-0.4, -0.2) is 69.8 Å². The predicted molar refractivity (Wildman–Crippen MR) is 112 cm³/mol.